The van der Waals surface area contributed by atoms with Crippen molar-refractivity contribution in [2.45, 2.75) is 39.0 Å². The van der Waals surface area contributed by atoms with Gasteiger partial charge in [0.25, 0.3) is 0 Å². The topological polar surface area (TPSA) is 47.1 Å². The van der Waals surface area contributed by atoms with Crippen LogP contribution in [0.5, 0.6) is 0 Å². The summed E-state index contributed by atoms with van der Waals surface area (Å²) in [4.78, 5) is 2.40. The number of nitrogen functional groups attached to an aromatic ring is 1. The molecule has 0 aromatic carbocycles. The van der Waals surface area contributed by atoms with Crippen LogP contribution in [0.2, 0.25) is 0 Å². The fourth-order valence-electron chi connectivity index (χ4n) is 2.30. The molecule has 17 heavy (non-hydrogen) atoms. The van der Waals surface area contributed by atoms with E-state index in [4.69, 9.17) is 5.73 Å². The van der Waals surface area contributed by atoms with Crippen LogP contribution in [0.4, 0.5) is 11.5 Å². The Morgan fingerprint density at radius 2 is 2.29 bits per heavy atom. The summed E-state index contributed by atoms with van der Waals surface area (Å²) < 4.78 is 2.08. The summed E-state index contributed by atoms with van der Waals surface area (Å²) in [5.74, 6) is 2.31. The first kappa shape index (κ1) is 12.6. The van der Waals surface area contributed by atoms with Gasteiger partial charge >= 0.3 is 0 Å². The Labute approximate surface area is 108 Å². The van der Waals surface area contributed by atoms with Crippen molar-refractivity contribution in [3.63, 3.8) is 0 Å². The fourth-order valence-corrected chi connectivity index (χ4v) is 3.31. The minimum atomic E-state index is 0.674. The van der Waals surface area contributed by atoms with E-state index in [9.17, 15) is 0 Å². The lowest BCUT2D eigenvalue weighted by atomic mass is 10.3. The maximum absolute atomic E-state index is 6.18. The molecule has 4 nitrogen and oxygen atoms in total. The molecule has 1 saturated heterocycles. The Hall–Kier alpha value is -0.840. The zero-order valence-electron chi connectivity index (χ0n) is 10.9. The third kappa shape index (κ3) is 2.54. The molecule has 0 spiro atoms. The van der Waals surface area contributed by atoms with E-state index in [0.29, 0.717) is 5.25 Å². The van der Waals surface area contributed by atoms with Gasteiger partial charge in [-0.05, 0) is 13.3 Å². The molecule has 1 aliphatic heterocycles. The van der Waals surface area contributed by atoms with Crippen LogP contribution in [0.1, 0.15) is 26.0 Å². The summed E-state index contributed by atoms with van der Waals surface area (Å²) in [6, 6.07) is 0. The molecule has 5 heteroatoms. The van der Waals surface area contributed by atoms with Gasteiger partial charge < -0.3 is 10.6 Å². The van der Waals surface area contributed by atoms with Crippen molar-refractivity contribution in [2.75, 3.05) is 29.5 Å². The van der Waals surface area contributed by atoms with Crippen LogP contribution < -0.4 is 10.6 Å². The molecule has 0 saturated carbocycles. The molecule has 0 aliphatic carbocycles. The van der Waals surface area contributed by atoms with Gasteiger partial charge in [0.2, 0.25) is 0 Å². The Morgan fingerprint density at radius 3 is 2.94 bits per heavy atom. The molecule has 1 aromatic heterocycles. The number of hydrogen-bond acceptors (Lipinski definition) is 4. The van der Waals surface area contributed by atoms with Crippen LogP contribution >= 0.6 is 11.8 Å². The molecule has 2 heterocycles. The summed E-state index contributed by atoms with van der Waals surface area (Å²) in [7, 11) is 0. The number of aryl methyl sites for hydroxylation is 2. The van der Waals surface area contributed by atoms with Gasteiger partial charge in [0.15, 0.2) is 5.82 Å². The first-order valence-electron chi connectivity index (χ1n) is 6.33. The Balaban J connectivity index is 2.28. The SMILES string of the molecule is CCCn1nc(C)c(N)c1N1CCSC(C)C1. The van der Waals surface area contributed by atoms with Crippen LogP contribution in [0.25, 0.3) is 0 Å². The number of hydrogen-bond donors (Lipinski definition) is 1. The Morgan fingerprint density at radius 1 is 1.53 bits per heavy atom. The molecule has 1 aromatic rings. The predicted octanol–water partition coefficient (Wildman–Crippen LogP) is 2.13. The molecule has 96 valence electrons. The summed E-state index contributed by atoms with van der Waals surface area (Å²) in [6.07, 6.45) is 1.09. The highest BCUT2D eigenvalue weighted by Crippen LogP contribution is 2.30. The fraction of sp³-hybridized carbons (Fsp3) is 0.750. The van der Waals surface area contributed by atoms with Gasteiger partial charge in [-0.1, -0.05) is 13.8 Å². The third-order valence-electron chi connectivity index (χ3n) is 3.12. The standard InChI is InChI=1S/C12H22N4S/c1-4-5-16-12(11(13)10(3)14-16)15-6-7-17-9(2)8-15/h9H,4-8,13H2,1-3H3. The molecule has 2 rings (SSSR count). The van der Waals surface area contributed by atoms with E-state index in [-0.39, 0.29) is 0 Å². The third-order valence-corrected chi connectivity index (χ3v) is 4.26. The highest BCUT2D eigenvalue weighted by molar-refractivity contribution is 8.00. The Kier molecular flexibility index (Phi) is 3.86. The van der Waals surface area contributed by atoms with Crippen LogP contribution in [-0.2, 0) is 6.54 Å². The zero-order valence-corrected chi connectivity index (χ0v) is 11.8. The van der Waals surface area contributed by atoms with E-state index < -0.39 is 0 Å². The highest BCUT2D eigenvalue weighted by Gasteiger charge is 2.23. The second-order valence-electron chi connectivity index (χ2n) is 4.67. The maximum atomic E-state index is 6.18. The summed E-state index contributed by atoms with van der Waals surface area (Å²) in [6.45, 7) is 9.54. The first-order valence-corrected chi connectivity index (χ1v) is 7.37. The van der Waals surface area contributed by atoms with Crippen LogP contribution in [0.15, 0.2) is 0 Å². The maximum Gasteiger partial charge on any atom is 0.150 e. The highest BCUT2D eigenvalue weighted by atomic mass is 32.2. The smallest absolute Gasteiger partial charge is 0.150 e. The van der Waals surface area contributed by atoms with Gasteiger partial charge in [0.1, 0.15) is 0 Å². The van der Waals surface area contributed by atoms with Gasteiger partial charge in [0.05, 0.1) is 11.4 Å². The van der Waals surface area contributed by atoms with Crippen LogP contribution in [0.3, 0.4) is 0 Å². The van der Waals surface area contributed by atoms with Crippen molar-refractivity contribution in [3.8, 4) is 0 Å². The minimum absolute atomic E-state index is 0.674. The summed E-state index contributed by atoms with van der Waals surface area (Å²) >= 11 is 2.04. The monoisotopic (exact) mass is 254 g/mol. The lowest BCUT2D eigenvalue weighted by molar-refractivity contribution is 0.584. The van der Waals surface area contributed by atoms with Gasteiger partial charge in [0, 0.05) is 30.6 Å². The lowest BCUT2D eigenvalue weighted by Crippen LogP contribution is -2.38. The quantitative estimate of drug-likeness (QED) is 0.897. The number of rotatable bonds is 3. The molecular weight excluding hydrogens is 232 g/mol. The number of anilines is 2. The van der Waals surface area contributed by atoms with E-state index >= 15 is 0 Å². The van der Waals surface area contributed by atoms with E-state index in [1.807, 2.05) is 18.7 Å². The average Bonchev–Trinajstić information content (AvgIpc) is 2.55. The van der Waals surface area contributed by atoms with Gasteiger partial charge in [-0.15, -0.1) is 0 Å². The van der Waals surface area contributed by atoms with Gasteiger partial charge in [-0.3, -0.25) is 0 Å². The minimum Gasteiger partial charge on any atom is -0.394 e. The molecule has 0 radical (unpaired) electrons. The molecule has 1 unspecified atom stereocenters. The first-order chi connectivity index (χ1) is 8.13. The van der Waals surface area contributed by atoms with Crippen molar-refractivity contribution < 1.29 is 0 Å². The van der Waals surface area contributed by atoms with Gasteiger partial charge in [-0.25, -0.2) is 4.68 Å². The second kappa shape index (κ2) is 5.21. The van der Waals surface area contributed by atoms with E-state index in [1.165, 1.54) is 5.75 Å². The van der Waals surface area contributed by atoms with Crippen molar-refractivity contribution >= 4 is 23.3 Å². The molecule has 0 amide bonds. The summed E-state index contributed by atoms with van der Waals surface area (Å²) in [5, 5.41) is 5.22. The molecule has 0 bridgehead atoms. The lowest BCUT2D eigenvalue weighted by Gasteiger charge is -2.32. The predicted molar refractivity (Wildman–Crippen MR) is 75.8 cm³/mol. The number of nitrogens with zero attached hydrogens (tertiary/aromatic N) is 3. The van der Waals surface area contributed by atoms with Crippen molar-refractivity contribution in [2.24, 2.45) is 0 Å². The van der Waals surface area contributed by atoms with Crippen molar-refractivity contribution in [3.05, 3.63) is 5.69 Å². The number of aromatic nitrogens is 2. The van der Waals surface area contributed by atoms with Crippen LogP contribution in [-0.4, -0.2) is 33.9 Å². The molecule has 2 N–H and O–H groups in total. The van der Waals surface area contributed by atoms with Crippen LogP contribution in [0, 0.1) is 6.92 Å². The largest absolute Gasteiger partial charge is 0.394 e. The molecular formula is C12H22N4S. The van der Waals surface area contributed by atoms with Gasteiger partial charge in [-0.2, -0.15) is 16.9 Å². The van der Waals surface area contributed by atoms with E-state index in [2.05, 4.69) is 28.5 Å². The zero-order chi connectivity index (χ0) is 12.4. The van der Waals surface area contributed by atoms with Crippen molar-refractivity contribution in [1.82, 2.24) is 9.78 Å². The van der Waals surface area contributed by atoms with E-state index in [0.717, 1.165) is 43.3 Å². The van der Waals surface area contributed by atoms with Crippen molar-refractivity contribution in [1.29, 1.82) is 0 Å². The molecule has 1 fully saturated rings. The van der Waals surface area contributed by atoms with E-state index in [1.54, 1.807) is 0 Å². The Bertz CT molecular complexity index is 388. The molecule has 1 atom stereocenters. The second-order valence-corrected chi connectivity index (χ2v) is 6.22. The number of nitrogens with two attached hydrogens (primary N) is 1. The normalized spacial score (nSPS) is 20.9. The summed E-state index contributed by atoms with van der Waals surface area (Å²) in [5.41, 5.74) is 7.99. The number of thioether (sulfide) groups is 1. The average molecular weight is 254 g/mol. The molecule has 1 aliphatic rings.